The van der Waals surface area contributed by atoms with Crippen LogP contribution in [-0.2, 0) is 14.3 Å². The Labute approximate surface area is 153 Å². The Morgan fingerprint density at radius 2 is 1.77 bits per heavy atom. The second kappa shape index (κ2) is 8.89. The number of rotatable bonds is 7. The molecule has 0 fully saturated rings. The van der Waals surface area contributed by atoms with Crippen molar-refractivity contribution in [3.8, 4) is 5.75 Å². The molecular weight excluding hydrogens is 332 g/mol. The number of nitrogens with one attached hydrogen (secondary N) is 2. The molecule has 0 bridgehead atoms. The Kier molecular flexibility index (Phi) is 6.60. The maximum absolute atomic E-state index is 12.5. The van der Waals surface area contributed by atoms with Gasteiger partial charge in [0, 0.05) is 5.69 Å². The van der Waals surface area contributed by atoms with E-state index in [0.717, 1.165) is 16.8 Å². The first-order valence-electron chi connectivity index (χ1n) is 8.29. The number of anilines is 2. The lowest BCUT2D eigenvalue weighted by molar-refractivity contribution is -0.142. The molecule has 0 heterocycles. The van der Waals surface area contributed by atoms with Crippen molar-refractivity contribution in [2.45, 2.75) is 26.3 Å². The highest BCUT2D eigenvalue weighted by atomic mass is 16.5. The molecule has 138 valence electrons. The van der Waals surface area contributed by atoms with Crippen LogP contribution in [0.2, 0.25) is 0 Å². The van der Waals surface area contributed by atoms with Crippen molar-refractivity contribution in [1.29, 1.82) is 0 Å². The number of aryl methyl sites for hydroxylation is 2. The van der Waals surface area contributed by atoms with Crippen molar-refractivity contribution < 1.29 is 19.1 Å². The number of carbonyl (C=O) groups is 2. The van der Waals surface area contributed by atoms with Gasteiger partial charge in [-0.05, 0) is 43.2 Å². The van der Waals surface area contributed by atoms with Gasteiger partial charge in [-0.25, -0.2) is 4.79 Å². The largest absolute Gasteiger partial charge is 0.495 e. The molecule has 0 unspecified atom stereocenters. The zero-order valence-electron chi connectivity index (χ0n) is 15.5. The van der Waals surface area contributed by atoms with E-state index >= 15 is 0 Å². The third kappa shape index (κ3) is 4.99. The van der Waals surface area contributed by atoms with Crippen LogP contribution in [0.1, 0.15) is 17.5 Å². The van der Waals surface area contributed by atoms with Gasteiger partial charge in [-0.1, -0.05) is 24.3 Å². The van der Waals surface area contributed by atoms with E-state index in [9.17, 15) is 9.59 Å². The number of carbonyl (C=O) groups excluding carboxylic acids is 2. The van der Waals surface area contributed by atoms with Gasteiger partial charge in [0.05, 0.1) is 26.3 Å². The molecule has 0 aliphatic heterocycles. The van der Waals surface area contributed by atoms with Crippen molar-refractivity contribution in [2.75, 3.05) is 24.9 Å². The molecule has 2 aromatic rings. The summed E-state index contributed by atoms with van der Waals surface area (Å²) in [7, 11) is 2.84. The van der Waals surface area contributed by atoms with E-state index in [1.54, 1.807) is 19.2 Å². The molecule has 1 atom stereocenters. The Morgan fingerprint density at radius 3 is 2.46 bits per heavy atom. The van der Waals surface area contributed by atoms with E-state index < -0.39 is 12.0 Å². The Bertz CT molecular complexity index is 789. The monoisotopic (exact) mass is 356 g/mol. The Hall–Kier alpha value is -3.02. The van der Waals surface area contributed by atoms with Gasteiger partial charge in [0.15, 0.2) is 0 Å². The lowest BCUT2D eigenvalue weighted by Crippen LogP contribution is -2.35. The van der Waals surface area contributed by atoms with Crippen LogP contribution in [0.15, 0.2) is 42.5 Å². The summed E-state index contributed by atoms with van der Waals surface area (Å²) >= 11 is 0. The molecule has 2 N–H and O–H groups in total. The predicted octanol–water partition coefficient (Wildman–Crippen LogP) is 3.29. The fraction of sp³-hybridized carbons (Fsp3) is 0.300. The molecule has 1 amide bonds. The van der Waals surface area contributed by atoms with Crippen molar-refractivity contribution in [3.63, 3.8) is 0 Å². The minimum absolute atomic E-state index is 0.0713. The van der Waals surface area contributed by atoms with Crippen molar-refractivity contribution in [1.82, 2.24) is 0 Å². The lowest BCUT2D eigenvalue weighted by Gasteiger charge is -2.19. The maximum Gasteiger partial charge on any atom is 0.328 e. The molecule has 0 saturated heterocycles. The van der Waals surface area contributed by atoms with Crippen molar-refractivity contribution in [3.05, 3.63) is 53.6 Å². The third-order valence-corrected chi connectivity index (χ3v) is 3.98. The summed E-state index contributed by atoms with van der Waals surface area (Å²) in [5, 5.41) is 5.89. The van der Waals surface area contributed by atoms with Crippen LogP contribution in [0.25, 0.3) is 0 Å². The van der Waals surface area contributed by atoms with Gasteiger partial charge < -0.3 is 20.1 Å². The number of methoxy groups -OCH3 is 2. The van der Waals surface area contributed by atoms with Crippen LogP contribution in [-0.4, -0.2) is 32.1 Å². The molecule has 2 aromatic carbocycles. The van der Waals surface area contributed by atoms with E-state index in [4.69, 9.17) is 9.47 Å². The lowest BCUT2D eigenvalue weighted by atomic mass is 10.1. The van der Waals surface area contributed by atoms with Gasteiger partial charge in [0.2, 0.25) is 5.91 Å². The number of amides is 1. The van der Waals surface area contributed by atoms with Gasteiger partial charge in [-0.15, -0.1) is 0 Å². The van der Waals surface area contributed by atoms with E-state index in [1.807, 2.05) is 44.2 Å². The van der Waals surface area contributed by atoms with Gasteiger partial charge in [0.25, 0.3) is 0 Å². The van der Waals surface area contributed by atoms with E-state index in [-0.39, 0.29) is 12.3 Å². The van der Waals surface area contributed by atoms with Gasteiger partial charge in [-0.3, -0.25) is 4.79 Å². The molecule has 0 radical (unpaired) electrons. The van der Waals surface area contributed by atoms with Gasteiger partial charge in [-0.2, -0.15) is 0 Å². The van der Waals surface area contributed by atoms with E-state index in [1.165, 1.54) is 7.11 Å². The molecule has 6 nitrogen and oxygen atoms in total. The minimum Gasteiger partial charge on any atom is -0.495 e. The summed E-state index contributed by atoms with van der Waals surface area (Å²) in [4.78, 5) is 24.6. The average Bonchev–Trinajstić information content (AvgIpc) is 2.63. The smallest absolute Gasteiger partial charge is 0.328 e. The molecule has 6 heteroatoms. The topological polar surface area (TPSA) is 76.7 Å². The molecule has 0 aliphatic carbocycles. The van der Waals surface area contributed by atoms with Crippen LogP contribution in [0.5, 0.6) is 5.75 Å². The highest BCUT2D eigenvalue weighted by Crippen LogP contribution is 2.25. The molecule has 0 aromatic heterocycles. The number of ether oxygens (including phenoxy) is 2. The molecule has 0 saturated carbocycles. The number of esters is 1. The quantitative estimate of drug-likeness (QED) is 0.745. The molecule has 2 rings (SSSR count). The highest BCUT2D eigenvalue weighted by Gasteiger charge is 2.24. The fourth-order valence-electron chi connectivity index (χ4n) is 2.54. The zero-order chi connectivity index (χ0) is 19.1. The first kappa shape index (κ1) is 19.3. The van der Waals surface area contributed by atoms with Crippen LogP contribution in [0, 0.1) is 13.8 Å². The third-order valence-electron chi connectivity index (χ3n) is 3.98. The standard InChI is InChI=1S/C20H24N2O4/c1-13-9-10-14(2)16(11-13)22-19(23)12-17(20(24)26-4)21-15-7-5-6-8-18(15)25-3/h5-11,17,21H,12H2,1-4H3,(H,22,23)/t17-/m0/s1. The normalized spacial score (nSPS) is 11.4. The predicted molar refractivity (Wildman–Crippen MR) is 102 cm³/mol. The second-order valence-electron chi connectivity index (χ2n) is 5.99. The van der Waals surface area contributed by atoms with Crippen LogP contribution >= 0.6 is 0 Å². The van der Waals surface area contributed by atoms with Crippen LogP contribution < -0.4 is 15.4 Å². The van der Waals surface area contributed by atoms with Crippen molar-refractivity contribution in [2.24, 2.45) is 0 Å². The first-order valence-corrected chi connectivity index (χ1v) is 8.29. The zero-order valence-corrected chi connectivity index (χ0v) is 15.5. The number of benzene rings is 2. The summed E-state index contributed by atoms with van der Waals surface area (Å²) in [5.41, 5.74) is 3.35. The number of hydrogen-bond donors (Lipinski definition) is 2. The molecular formula is C20H24N2O4. The minimum atomic E-state index is -0.832. The highest BCUT2D eigenvalue weighted by molar-refractivity contribution is 5.96. The number of hydrogen-bond acceptors (Lipinski definition) is 5. The van der Waals surface area contributed by atoms with Gasteiger partial charge in [0.1, 0.15) is 11.8 Å². The summed E-state index contributed by atoms with van der Waals surface area (Å²) in [6.45, 7) is 3.87. The first-order chi connectivity index (χ1) is 12.4. The average molecular weight is 356 g/mol. The Balaban J connectivity index is 2.13. The summed E-state index contributed by atoms with van der Waals surface area (Å²) in [6, 6.07) is 12.2. The second-order valence-corrected chi connectivity index (χ2v) is 5.99. The van der Waals surface area contributed by atoms with E-state index in [2.05, 4.69) is 10.6 Å². The SMILES string of the molecule is COC(=O)[C@H](CC(=O)Nc1cc(C)ccc1C)Nc1ccccc1OC. The summed E-state index contributed by atoms with van der Waals surface area (Å²) in [5.74, 6) is -0.222. The molecule has 0 aliphatic rings. The summed E-state index contributed by atoms with van der Waals surface area (Å²) < 4.78 is 10.1. The van der Waals surface area contributed by atoms with Crippen LogP contribution in [0.4, 0.5) is 11.4 Å². The fourth-order valence-corrected chi connectivity index (χ4v) is 2.54. The molecule has 0 spiro atoms. The van der Waals surface area contributed by atoms with E-state index in [0.29, 0.717) is 11.4 Å². The van der Waals surface area contributed by atoms with Crippen molar-refractivity contribution >= 4 is 23.3 Å². The van der Waals surface area contributed by atoms with Gasteiger partial charge >= 0.3 is 5.97 Å². The Morgan fingerprint density at radius 1 is 1.04 bits per heavy atom. The maximum atomic E-state index is 12.5. The summed E-state index contributed by atoms with van der Waals surface area (Å²) in [6.07, 6.45) is -0.0713. The number of para-hydroxylation sites is 2. The molecule has 26 heavy (non-hydrogen) atoms. The van der Waals surface area contributed by atoms with Crippen LogP contribution in [0.3, 0.4) is 0 Å².